The lowest BCUT2D eigenvalue weighted by Crippen LogP contribution is -2.25. The zero-order valence-electron chi connectivity index (χ0n) is 17.5. The molecule has 6 heteroatoms. The molecule has 0 fully saturated rings. The summed E-state index contributed by atoms with van der Waals surface area (Å²) in [7, 11) is 0. The van der Waals surface area contributed by atoms with E-state index in [1.165, 1.54) is 4.68 Å². The van der Waals surface area contributed by atoms with Gasteiger partial charge in [-0.25, -0.2) is 9.59 Å². The molecule has 0 unspecified atom stereocenters. The Bertz CT molecular complexity index is 1300. The molecule has 0 saturated carbocycles. The maximum absolute atomic E-state index is 13.1. The molecule has 32 heavy (non-hydrogen) atoms. The van der Waals surface area contributed by atoms with Crippen molar-refractivity contribution >= 4 is 5.97 Å². The number of carboxylic acids is 1. The fraction of sp³-hybridized carbons (Fsp3) is 0.115. The van der Waals surface area contributed by atoms with Gasteiger partial charge in [0.25, 0.3) is 0 Å². The van der Waals surface area contributed by atoms with Crippen LogP contribution in [-0.4, -0.2) is 25.4 Å². The standard InChI is InChI=1S/C26H23N3O3/c1-2-3-13-24-27-29(21-9-5-4-6-10-21)26(32)28(24)18-19-14-16-20(17-15-19)22-11-7-8-12-23(22)25(30)31/h2,4-12,14-17H,1,3,13,18H2,(H,30,31). The van der Waals surface area contributed by atoms with E-state index in [-0.39, 0.29) is 11.3 Å². The lowest BCUT2D eigenvalue weighted by molar-refractivity contribution is 0.0697. The van der Waals surface area contributed by atoms with Crippen LogP contribution >= 0.6 is 0 Å². The predicted octanol–water partition coefficient (Wildman–Crippen LogP) is 4.57. The van der Waals surface area contributed by atoms with E-state index in [0.717, 1.165) is 23.2 Å². The normalized spacial score (nSPS) is 10.8. The minimum Gasteiger partial charge on any atom is -0.478 e. The average molecular weight is 425 g/mol. The topological polar surface area (TPSA) is 77.1 Å². The second-order valence-electron chi connectivity index (χ2n) is 7.41. The first-order valence-electron chi connectivity index (χ1n) is 10.3. The van der Waals surface area contributed by atoms with Crippen molar-refractivity contribution in [3.63, 3.8) is 0 Å². The molecule has 0 saturated heterocycles. The number of rotatable bonds is 8. The summed E-state index contributed by atoms with van der Waals surface area (Å²) in [5.41, 5.74) is 3.17. The number of benzene rings is 3. The largest absolute Gasteiger partial charge is 0.478 e. The number of hydrogen-bond donors (Lipinski definition) is 1. The van der Waals surface area contributed by atoms with E-state index < -0.39 is 5.97 Å². The number of aryl methyl sites for hydroxylation is 1. The summed E-state index contributed by atoms with van der Waals surface area (Å²) >= 11 is 0. The first-order valence-corrected chi connectivity index (χ1v) is 10.3. The van der Waals surface area contributed by atoms with Crippen LogP contribution in [0.1, 0.15) is 28.2 Å². The van der Waals surface area contributed by atoms with Gasteiger partial charge in [0.05, 0.1) is 17.8 Å². The summed E-state index contributed by atoms with van der Waals surface area (Å²) < 4.78 is 3.10. The SMILES string of the molecule is C=CCCc1nn(-c2ccccc2)c(=O)n1Cc1ccc(-c2ccccc2C(=O)O)cc1. The van der Waals surface area contributed by atoms with E-state index >= 15 is 0 Å². The van der Waals surface area contributed by atoms with Crippen LogP contribution in [0.4, 0.5) is 0 Å². The van der Waals surface area contributed by atoms with E-state index in [4.69, 9.17) is 0 Å². The van der Waals surface area contributed by atoms with Crippen LogP contribution < -0.4 is 5.69 Å². The second kappa shape index (κ2) is 9.31. The molecular formula is C26H23N3O3. The summed E-state index contributed by atoms with van der Waals surface area (Å²) in [5.74, 6) is -0.268. The van der Waals surface area contributed by atoms with Crippen LogP contribution in [0.5, 0.6) is 0 Å². The molecule has 3 aromatic carbocycles. The molecule has 4 aromatic rings. The number of allylic oxidation sites excluding steroid dienone is 1. The van der Waals surface area contributed by atoms with Crippen LogP contribution in [0, 0.1) is 0 Å². The number of hydrogen-bond acceptors (Lipinski definition) is 3. The molecular weight excluding hydrogens is 402 g/mol. The molecule has 1 N–H and O–H groups in total. The molecule has 0 radical (unpaired) electrons. The smallest absolute Gasteiger partial charge is 0.351 e. The molecule has 0 aliphatic carbocycles. The molecule has 0 aliphatic heterocycles. The molecule has 0 bridgehead atoms. The van der Waals surface area contributed by atoms with Crippen molar-refractivity contribution in [3.05, 3.63) is 119 Å². The van der Waals surface area contributed by atoms with Crippen molar-refractivity contribution < 1.29 is 9.90 Å². The average Bonchev–Trinajstić information content (AvgIpc) is 3.14. The highest BCUT2D eigenvalue weighted by molar-refractivity contribution is 5.95. The van der Waals surface area contributed by atoms with Gasteiger partial charge in [0.2, 0.25) is 0 Å². The van der Waals surface area contributed by atoms with Gasteiger partial charge >= 0.3 is 11.7 Å². The van der Waals surface area contributed by atoms with Gasteiger partial charge in [0.1, 0.15) is 5.82 Å². The van der Waals surface area contributed by atoms with Crippen molar-refractivity contribution in [3.8, 4) is 16.8 Å². The summed E-state index contributed by atoms with van der Waals surface area (Å²) in [4.78, 5) is 24.7. The fourth-order valence-corrected chi connectivity index (χ4v) is 3.64. The minimum atomic E-state index is -0.962. The van der Waals surface area contributed by atoms with Gasteiger partial charge in [0.15, 0.2) is 0 Å². The predicted molar refractivity (Wildman–Crippen MR) is 124 cm³/mol. The number of para-hydroxylation sites is 1. The van der Waals surface area contributed by atoms with Crippen LogP contribution in [0.2, 0.25) is 0 Å². The number of aromatic carboxylic acids is 1. The monoisotopic (exact) mass is 425 g/mol. The van der Waals surface area contributed by atoms with Gasteiger partial charge < -0.3 is 5.11 Å². The first kappa shape index (κ1) is 21.1. The maximum atomic E-state index is 13.1. The van der Waals surface area contributed by atoms with Crippen molar-refractivity contribution in [2.24, 2.45) is 0 Å². The van der Waals surface area contributed by atoms with Crippen LogP contribution in [0.3, 0.4) is 0 Å². The summed E-state index contributed by atoms with van der Waals surface area (Å²) in [6, 6.07) is 23.9. The second-order valence-corrected chi connectivity index (χ2v) is 7.41. The number of nitrogens with zero attached hydrogens (tertiary/aromatic N) is 3. The van der Waals surface area contributed by atoms with Gasteiger partial charge in [-0.3, -0.25) is 4.57 Å². The van der Waals surface area contributed by atoms with Gasteiger partial charge in [0, 0.05) is 6.42 Å². The van der Waals surface area contributed by atoms with E-state index in [9.17, 15) is 14.7 Å². The molecule has 0 amide bonds. The Morgan fingerprint density at radius 1 is 0.969 bits per heavy atom. The quantitative estimate of drug-likeness (QED) is 0.420. The molecule has 6 nitrogen and oxygen atoms in total. The Balaban J connectivity index is 1.67. The van der Waals surface area contributed by atoms with Gasteiger partial charge in [-0.05, 0) is 41.3 Å². The molecule has 1 aromatic heterocycles. The number of carboxylic acid groups (broad SMARTS) is 1. The molecule has 0 aliphatic rings. The summed E-state index contributed by atoms with van der Waals surface area (Å²) in [6.07, 6.45) is 3.14. The van der Waals surface area contributed by atoms with Crippen LogP contribution in [0.15, 0.2) is 96.3 Å². The van der Waals surface area contributed by atoms with Crippen LogP contribution in [0.25, 0.3) is 16.8 Å². The van der Waals surface area contributed by atoms with Crippen molar-refractivity contribution in [2.75, 3.05) is 0 Å². The number of aromatic nitrogens is 3. The lowest BCUT2D eigenvalue weighted by atomic mass is 9.99. The third-order valence-electron chi connectivity index (χ3n) is 5.28. The van der Waals surface area contributed by atoms with E-state index in [0.29, 0.717) is 24.4 Å². The van der Waals surface area contributed by atoms with E-state index in [2.05, 4.69) is 11.7 Å². The Labute approximate surface area is 185 Å². The number of carbonyl (C=O) groups is 1. The molecule has 0 spiro atoms. The molecule has 1 heterocycles. The molecule has 4 rings (SSSR count). The highest BCUT2D eigenvalue weighted by Crippen LogP contribution is 2.24. The zero-order chi connectivity index (χ0) is 22.5. The van der Waals surface area contributed by atoms with E-state index in [1.807, 2.05) is 66.7 Å². The van der Waals surface area contributed by atoms with Crippen molar-refractivity contribution in [1.29, 1.82) is 0 Å². The fourth-order valence-electron chi connectivity index (χ4n) is 3.64. The Kier molecular flexibility index (Phi) is 6.12. The van der Waals surface area contributed by atoms with Crippen LogP contribution in [-0.2, 0) is 13.0 Å². The van der Waals surface area contributed by atoms with Crippen molar-refractivity contribution in [1.82, 2.24) is 14.3 Å². The highest BCUT2D eigenvalue weighted by atomic mass is 16.4. The summed E-state index contributed by atoms with van der Waals surface area (Å²) in [5, 5.41) is 14.0. The Morgan fingerprint density at radius 2 is 1.66 bits per heavy atom. The Hall–Kier alpha value is -4.19. The maximum Gasteiger partial charge on any atom is 0.351 e. The minimum absolute atomic E-state index is 0.199. The zero-order valence-corrected chi connectivity index (χ0v) is 17.5. The Morgan fingerprint density at radius 3 is 2.34 bits per heavy atom. The first-order chi connectivity index (χ1) is 15.6. The lowest BCUT2D eigenvalue weighted by Gasteiger charge is -2.09. The highest BCUT2D eigenvalue weighted by Gasteiger charge is 2.15. The molecule has 0 atom stereocenters. The van der Waals surface area contributed by atoms with E-state index in [1.54, 1.807) is 22.8 Å². The van der Waals surface area contributed by atoms with Gasteiger partial charge in [-0.1, -0.05) is 66.7 Å². The third kappa shape index (κ3) is 4.30. The van der Waals surface area contributed by atoms with Gasteiger partial charge in [-0.2, -0.15) is 4.68 Å². The third-order valence-corrected chi connectivity index (χ3v) is 5.28. The van der Waals surface area contributed by atoms with Gasteiger partial charge in [-0.15, -0.1) is 11.7 Å². The summed E-state index contributed by atoms with van der Waals surface area (Å²) in [6.45, 7) is 4.15. The molecule has 160 valence electrons. The van der Waals surface area contributed by atoms with Crippen molar-refractivity contribution in [2.45, 2.75) is 19.4 Å².